The summed E-state index contributed by atoms with van der Waals surface area (Å²) < 4.78 is 0. The Hall–Kier alpha value is -4.67. The number of imide groups is 1. The van der Waals surface area contributed by atoms with Crippen molar-refractivity contribution in [2.75, 3.05) is 37.6 Å². The number of piperazine rings is 1. The van der Waals surface area contributed by atoms with Crippen molar-refractivity contribution in [2.45, 2.75) is 6.92 Å². The van der Waals surface area contributed by atoms with Crippen LogP contribution in [0, 0.1) is 17.0 Å². The predicted octanol–water partition coefficient (Wildman–Crippen LogP) is 2.31. The number of aromatic nitrogens is 2. The molecule has 11 nitrogen and oxygen atoms in total. The van der Waals surface area contributed by atoms with E-state index in [0.29, 0.717) is 32.0 Å². The van der Waals surface area contributed by atoms with Gasteiger partial charge in [0.1, 0.15) is 18.2 Å². The smallest absolute Gasteiger partial charge is 0.270 e. The molecular formula is C25H22N6O5. The number of benzene rings is 2. The maximum absolute atomic E-state index is 12.9. The zero-order valence-corrected chi connectivity index (χ0v) is 19.5. The lowest BCUT2D eigenvalue weighted by molar-refractivity contribution is -0.384. The fraction of sp³-hybridized carbons (Fsp3) is 0.240. The van der Waals surface area contributed by atoms with E-state index < -0.39 is 23.3 Å². The van der Waals surface area contributed by atoms with Gasteiger partial charge in [0.2, 0.25) is 5.91 Å². The van der Waals surface area contributed by atoms with E-state index in [4.69, 9.17) is 0 Å². The Kier molecular flexibility index (Phi) is 5.88. The van der Waals surface area contributed by atoms with Crippen molar-refractivity contribution in [3.63, 3.8) is 0 Å². The second-order valence-electron chi connectivity index (χ2n) is 8.58. The summed E-state index contributed by atoms with van der Waals surface area (Å²) in [6, 6.07) is 15.2. The Morgan fingerprint density at radius 2 is 1.64 bits per heavy atom. The Bertz CT molecular complexity index is 1380. The van der Waals surface area contributed by atoms with Gasteiger partial charge in [-0.2, -0.15) is 0 Å². The average Bonchev–Trinajstić information content (AvgIpc) is 3.13. The van der Waals surface area contributed by atoms with Crippen molar-refractivity contribution in [3.8, 4) is 11.3 Å². The highest BCUT2D eigenvalue weighted by Gasteiger charge is 2.38. The molecular weight excluding hydrogens is 464 g/mol. The van der Waals surface area contributed by atoms with Crippen LogP contribution in [-0.4, -0.2) is 75.1 Å². The minimum absolute atomic E-state index is 0.0554. The van der Waals surface area contributed by atoms with Crippen molar-refractivity contribution in [3.05, 3.63) is 81.7 Å². The molecule has 3 aromatic rings. The first-order valence-corrected chi connectivity index (χ1v) is 11.4. The molecule has 11 heteroatoms. The number of nitrogens with zero attached hydrogens (tertiary/aromatic N) is 6. The summed E-state index contributed by atoms with van der Waals surface area (Å²) >= 11 is 0. The van der Waals surface area contributed by atoms with E-state index in [2.05, 4.69) is 14.9 Å². The average molecular weight is 486 g/mol. The van der Waals surface area contributed by atoms with E-state index >= 15 is 0 Å². The van der Waals surface area contributed by atoms with Gasteiger partial charge in [-0.25, -0.2) is 9.97 Å². The van der Waals surface area contributed by atoms with Gasteiger partial charge in [0, 0.05) is 49.9 Å². The Morgan fingerprint density at radius 1 is 0.944 bits per heavy atom. The van der Waals surface area contributed by atoms with E-state index in [1.807, 2.05) is 43.3 Å². The third-order valence-electron chi connectivity index (χ3n) is 6.31. The number of carbonyl (C=O) groups excluding carboxylic acids is 3. The minimum Gasteiger partial charge on any atom is -0.353 e. The van der Waals surface area contributed by atoms with Crippen molar-refractivity contribution in [2.24, 2.45) is 0 Å². The number of hydrogen-bond donors (Lipinski definition) is 0. The summed E-state index contributed by atoms with van der Waals surface area (Å²) in [5, 5.41) is 11.0. The van der Waals surface area contributed by atoms with Gasteiger partial charge >= 0.3 is 0 Å². The van der Waals surface area contributed by atoms with E-state index in [0.717, 1.165) is 28.0 Å². The zero-order chi connectivity index (χ0) is 25.4. The molecule has 3 heterocycles. The highest BCUT2D eigenvalue weighted by molar-refractivity contribution is 6.22. The van der Waals surface area contributed by atoms with Crippen LogP contribution in [0.1, 0.15) is 26.5 Å². The van der Waals surface area contributed by atoms with Crippen LogP contribution in [0.25, 0.3) is 11.3 Å². The molecule has 0 aliphatic carbocycles. The largest absolute Gasteiger partial charge is 0.353 e. The summed E-state index contributed by atoms with van der Waals surface area (Å²) in [5.74, 6) is -0.258. The fourth-order valence-electron chi connectivity index (χ4n) is 4.43. The number of nitro groups is 1. The summed E-state index contributed by atoms with van der Waals surface area (Å²) in [4.78, 5) is 62.3. The van der Waals surface area contributed by atoms with Gasteiger partial charge < -0.3 is 9.80 Å². The zero-order valence-electron chi connectivity index (χ0n) is 19.5. The highest BCUT2D eigenvalue weighted by atomic mass is 16.6. The van der Waals surface area contributed by atoms with Gasteiger partial charge in [-0.1, -0.05) is 30.3 Å². The summed E-state index contributed by atoms with van der Waals surface area (Å²) in [6.07, 6.45) is 0. The SMILES string of the molecule is Cc1nc(-c2ccccc2)cc(N2CCN(C(=O)CN3C(=O)c4ccc([N+](=O)[O-])cc4C3=O)CC2)n1. The topological polar surface area (TPSA) is 130 Å². The molecule has 182 valence electrons. The molecule has 2 aliphatic rings. The number of hydrogen-bond acceptors (Lipinski definition) is 8. The molecule has 0 saturated carbocycles. The van der Waals surface area contributed by atoms with Crippen LogP contribution >= 0.6 is 0 Å². The molecule has 3 amide bonds. The first-order chi connectivity index (χ1) is 17.3. The molecule has 2 aromatic carbocycles. The van der Waals surface area contributed by atoms with Crippen molar-refractivity contribution < 1.29 is 19.3 Å². The van der Waals surface area contributed by atoms with Crippen molar-refractivity contribution >= 4 is 29.2 Å². The lowest BCUT2D eigenvalue weighted by Crippen LogP contribution is -2.52. The molecule has 0 radical (unpaired) electrons. The van der Waals surface area contributed by atoms with Crippen LogP contribution in [0.15, 0.2) is 54.6 Å². The van der Waals surface area contributed by atoms with Crippen LogP contribution in [0.4, 0.5) is 11.5 Å². The fourth-order valence-corrected chi connectivity index (χ4v) is 4.43. The molecule has 2 aliphatic heterocycles. The number of carbonyl (C=O) groups is 3. The molecule has 1 saturated heterocycles. The Labute approximate surface area is 206 Å². The number of fused-ring (bicyclic) bond motifs is 1. The van der Waals surface area contributed by atoms with Crippen LogP contribution < -0.4 is 4.90 Å². The summed E-state index contributed by atoms with van der Waals surface area (Å²) in [7, 11) is 0. The number of anilines is 1. The quantitative estimate of drug-likeness (QED) is 0.305. The Balaban J connectivity index is 1.24. The minimum atomic E-state index is -0.699. The van der Waals surface area contributed by atoms with E-state index in [1.54, 1.807) is 4.90 Å². The molecule has 5 rings (SSSR count). The monoisotopic (exact) mass is 486 g/mol. The number of aryl methyl sites for hydroxylation is 1. The second kappa shape index (κ2) is 9.17. The molecule has 0 bridgehead atoms. The first-order valence-electron chi connectivity index (χ1n) is 11.4. The maximum Gasteiger partial charge on any atom is 0.270 e. The van der Waals surface area contributed by atoms with E-state index in [1.165, 1.54) is 12.1 Å². The maximum atomic E-state index is 12.9. The van der Waals surface area contributed by atoms with Gasteiger partial charge in [-0.3, -0.25) is 29.4 Å². The van der Waals surface area contributed by atoms with Crippen LogP contribution in [-0.2, 0) is 4.79 Å². The molecule has 1 aromatic heterocycles. The Morgan fingerprint density at radius 3 is 2.33 bits per heavy atom. The molecule has 0 spiro atoms. The van der Waals surface area contributed by atoms with Gasteiger partial charge in [0.15, 0.2) is 0 Å². The van der Waals surface area contributed by atoms with Gasteiger partial charge in [-0.05, 0) is 13.0 Å². The van der Waals surface area contributed by atoms with Crippen molar-refractivity contribution in [1.82, 2.24) is 19.8 Å². The third kappa shape index (κ3) is 4.26. The number of nitro benzene ring substituents is 1. The second-order valence-corrected chi connectivity index (χ2v) is 8.58. The summed E-state index contributed by atoms with van der Waals surface area (Å²) in [5.41, 5.74) is 1.54. The standard InChI is InChI=1S/C25H22N6O5/c1-16-26-21(17-5-3-2-4-6-17)14-22(27-16)28-9-11-29(12-10-28)23(32)15-30-24(33)19-8-7-18(31(35)36)13-20(19)25(30)34/h2-8,13-14H,9-12,15H2,1H3. The van der Waals surface area contributed by atoms with Crippen molar-refractivity contribution in [1.29, 1.82) is 0 Å². The molecule has 1 fully saturated rings. The predicted molar refractivity (Wildman–Crippen MR) is 129 cm³/mol. The summed E-state index contributed by atoms with van der Waals surface area (Å²) in [6.45, 7) is 3.29. The number of non-ortho nitro benzene ring substituents is 1. The van der Waals surface area contributed by atoms with E-state index in [9.17, 15) is 24.5 Å². The van der Waals surface area contributed by atoms with E-state index in [-0.39, 0.29) is 22.7 Å². The van der Waals surface area contributed by atoms with Gasteiger partial charge in [0.05, 0.1) is 21.7 Å². The van der Waals surface area contributed by atoms with Gasteiger partial charge in [-0.15, -0.1) is 0 Å². The lowest BCUT2D eigenvalue weighted by atomic mass is 10.1. The number of amides is 3. The highest BCUT2D eigenvalue weighted by Crippen LogP contribution is 2.27. The first kappa shape index (κ1) is 23.1. The number of rotatable bonds is 5. The third-order valence-corrected chi connectivity index (χ3v) is 6.31. The van der Waals surface area contributed by atoms with Crippen LogP contribution in [0.5, 0.6) is 0 Å². The molecule has 0 atom stereocenters. The van der Waals surface area contributed by atoms with Crippen LogP contribution in [0.3, 0.4) is 0 Å². The van der Waals surface area contributed by atoms with Crippen LogP contribution in [0.2, 0.25) is 0 Å². The lowest BCUT2D eigenvalue weighted by Gasteiger charge is -2.36. The van der Waals surface area contributed by atoms with Gasteiger partial charge in [0.25, 0.3) is 17.5 Å². The molecule has 36 heavy (non-hydrogen) atoms. The molecule has 0 unspecified atom stereocenters. The normalized spacial score (nSPS) is 15.3. The molecule has 0 N–H and O–H groups in total.